The van der Waals surface area contributed by atoms with Gasteiger partial charge in [-0.2, -0.15) is 0 Å². The van der Waals surface area contributed by atoms with Crippen molar-refractivity contribution in [1.29, 1.82) is 0 Å². The van der Waals surface area contributed by atoms with E-state index in [9.17, 15) is 5.11 Å². The number of hydrogen-bond donors (Lipinski definition) is 3. The Morgan fingerprint density at radius 2 is 2.54 bits per heavy atom. The summed E-state index contributed by atoms with van der Waals surface area (Å²) < 4.78 is 0. The van der Waals surface area contributed by atoms with Crippen LogP contribution in [0.5, 0.6) is 0 Å². The molecule has 70 valence electrons. The smallest absolute Gasteiger partial charge is 0.101 e. The highest BCUT2D eigenvalue weighted by Gasteiger charge is 2.10. The van der Waals surface area contributed by atoms with Crippen LogP contribution in [-0.4, -0.2) is 23.7 Å². The van der Waals surface area contributed by atoms with Gasteiger partial charge in [-0.15, -0.1) is 11.3 Å². The topological polar surface area (TPSA) is 48.0 Å². The van der Waals surface area contributed by atoms with Gasteiger partial charge in [0.15, 0.2) is 0 Å². The first-order valence-corrected chi connectivity index (χ1v) is 5.02. The van der Waals surface area contributed by atoms with E-state index in [1.54, 1.807) is 11.3 Å². The lowest BCUT2D eigenvalue weighted by Gasteiger charge is -2.05. The molecule has 4 heteroatoms. The molecule has 2 heterocycles. The number of aromatic nitrogens is 1. The number of H-pyrrole nitrogens is 1. The molecule has 0 aliphatic heterocycles. The van der Waals surface area contributed by atoms with Gasteiger partial charge >= 0.3 is 0 Å². The molecule has 2 aromatic rings. The molecular weight excluding hydrogens is 184 g/mol. The second-order valence-corrected chi connectivity index (χ2v) is 4.07. The summed E-state index contributed by atoms with van der Waals surface area (Å²) in [4.78, 5) is 5.26. The minimum Gasteiger partial charge on any atom is -0.386 e. The van der Waals surface area contributed by atoms with E-state index in [-0.39, 0.29) is 0 Å². The van der Waals surface area contributed by atoms with E-state index < -0.39 is 6.10 Å². The maximum atomic E-state index is 9.67. The van der Waals surface area contributed by atoms with Crippen LogP contribution in [0.15, 0.2) is 18.3 Å². The van der Waals surface area contributed by atoms with Gasteiger partial charge in [-0.3, -0.25) is 0 Å². The summed E-state index contributed by atoms with van der Waals surface area (Å²) in [7, 11) is 1.84. The quantitative estimate of drug-likeness (QED) is 0.696. The van der Waals surface area contributed by atoms with Crippen molar-refractivity contribution < 1.29 is 5.11 Å². The molecule has 0 saturated carbocycles. The molecule has 2 aromatic heterocycles. The number of likely N-dealkylation sites (N-methyl/N-ethyl adjacent to an activating group) is 1. The molecule has 1 unspecified atom stereocenters. The lowest BCUT2D eigenvalue weighted by molar-refractivity contribution is 0.181. The third-order valence-corrected chi connectivity index (χ3v) is 3.17. The molecule has 0 aliphatic carbocycles. The number of aromatic amines is 1. The highest BCUT2D eigenvalue weighted by Crippen LogP contribution is 2.28. The van der Waals surface area contributed by atoms with Gasteiger partial charge in [0.05, 0.1) is 4.83 Å². The van der Waals surface area contributed by atoms with Gasteiger partial charge in [0.2, 0.25) is 0 Å². The molecule has 3 nitrogen and oxygen atoms in total. The molecule has 0 bridgehead atoms. The average Bonchev–Trinajstić information content (AvgIpc) is 2.61. The number of thiophene rings is 1. The first kappa shape index (κ1) is 8.74. The van der Waals surface area contributed by atoms with Crippen molar-refractivity contribution in [2.75, 3.05) is 13.6 Å². The SMILES string of the molecule is CNCC(O)c1cc2cc[nH]c2s1. The fraction of sp³-hybridized carbons (Fsp3) is 0.333. The van der Waals surface area contributed by atoms with Crippen molar-refractivity contribution in [3.63, 3.8) is 0 Å². The Labute approximate surface area is 80.4 Å². The predicted molar refractivity (Wildman–Crippen MR) is 55.1 cm³/mol. The molecule has 3 N–H and O–H groups in total. The van der Waals surface area contributed by atoms with Gasteiger partial charge in [0.1, 0.15) is 6.10 Å². The van der Waals surface area contributed by atoms with Crippen LogP contribution in [0.1, 0.15) is 11.0 Å². The molecule has 0 fully saturated rings. The highest BCUT2D eigenvalue weighted by molar-refractivity contribution is 7.18. The molecule has 0 aromatic carbocycles. The fourth-order valence-electron chi connectivity index (χ4n) is 1.33. The molecule has 2 rings (SSSR count). The largest absolute Gasteiger partial charge is 0.386 e. The standard InChI is InChI=1S/C9H12N2OS/c1-10-5-7(12)8-4-6-2-3-11-9(6)13-8/h2-4,7,10-12H,5H2,1H3. The van der Waals surface area contributed by atoms with E-state index >= 15 is 0 Å². The van der Waals surface area contributed by atoms with Crippen molar-refractivity contribution in [2.24, 2.45) is 0 Å². The monoisotopic (exact) mass is 196 g/mol. The van der Waals surface area contributed by atoms with Gasteiger partial charge in [-0.1, -0.05) is 0 Å². The molecule has 0 amide bonds. The van der Waals surface area contributed by atoms with Crippen molar-refractivity contribution in [3.05, 3.63) is 23.2 Å². The molecule has 0 radical (unpaired) electrons. The van der Waals surface area contributed by atoms with Crippen LogP contribution in [0.4, 0.5) is 0 Å². The number of fused-ring (bicyclic) bond motifs is 1. The fourth-order valence-corrected chi connectivity index (χ4v) is 2.34. The Hall–Kier alpha value is -0.840. The number of hydrogen-bond acceptors (Lipinski definition) is 3. The summed E-state index contributed by atoms with van der Waals surface area (Å²) in [6.45, 7) is 0.600. The van der Waals surface area contributed by atoms with E-state index in [2.05, 4.69) is 10.3 Å². The van der Waals surface area contributed by atoms with Crippen molar-refractivity contribution >= 4 is 21.6 Å². The van der Waals surface area contributed by atoms with Crippen LogP contribution in [-0.2, 0) is 0 Å². The van der Waals surface area contributed by atoms with E-state index in [0.717, 1.165) is 9.71 Å². The Kier molecular flexibility index (Phi) is 2.35. The van der Waals surface area contributed by atoms with Crippen molar-refractivity contribution in [3.8, 4) is 0 Å². The zero-order chi connectivity index (χ0) is 9.26. The van der Waals surface area contributed by atoms with Crippen LogP contribution in [0.25, 0.3) is 10.2 Å². The lowest BCUT2D eigenvalue weighted by atomic mass is 10.2. The third kappa shape index (κ3) is 1.60. The average molecular weight is 196 g/mol. The Morgan fingerprint density at radius 3 is 3.23 bits per heavy atom. The summed E-state index contributed by atoms with van der Waals surface area (Å²) in [6.07, 6.45) is 1.52. The summed E-state index contributed by atoms with van der Waals surface area (Å²) in [5.41, 5.74) is 0. The van der Waals surface area contributed by atoms with Crippen LogP contribution in [0.3, 0.4) is 0 Å². The maximum absolute atomic E-state index is 9.67. The first-order valence-electron chi connectivity index (χ1n) is 4.20. The molecule has 13 heavy (non-hydrogen) atoms. The first-order chi connectivity index (χ1) is 6.31. The van der Waals surface area contributed by atoms with Crippen LogP contribution in [0.2, 0.25) is 0 Å². The summed E-state index contributed by atoms with van der Waals surface area (Å²) in [5.74, 6) is 0. The molecule has 0 saturated heterocycles. The van der Waals surface area contributed by atoms with E-state index in [0.29, 0.717) is 6.54 Å². The van der Waals surface area contributed by atoms with Crippen molar-refractivity contribution in [1.82, 2.24) is 10.3 Å². The minimum absolute atomic E-state index is 0.393. The maximum Gasteiger partial charge on any atom is 0.101 e. The Morgan fingerprint density at radius 1 is 1.69 bits per heavy atom. The van der Waals surface area contributed by atoms with Gasteiger partial charge in [-0.05, 0) is 19.2 Å². The third-order valence-electron chi connectivity index (χ3n) is 1.98. The summed E-state index contributed by atoms with van der Waals surface area (Å²) in [6, 6.07) is 4.04. The summed E-state index contributed by atoms with van der Waals surface area (Å²) in [5, 5.41) is 13.8. The van der Waals surface area contributed by atoms with Gasteiger partial charge in [-0.25, -0.2) is 0 Å². The van der Waals surface area contributed by atoms with Crippen LogP contribution < -0.4 is 5.32 Å². The van der Waals surface area contributed by atoms with E-state index in [1.165, 1.54) is 5.39 Å². The zero-order valence-corrected chi connectivity index (χ0v) is 8.19. The van der Waals surface area contributed by atoms with E-state index in [4.69, 9.17) is 0 Å². The number of rotatable bonds is 3. The lowest BCUT2D eigenvalue weighted by Crippen LogP contribution is -2.15. The van der Waals surface area contributed by atoms with Gasteiger partial charge in [0, 0.05) is 23.0 Å². The molecule has 0 aliphatic rings. The second kappa shape index (κ2) is 3.49. The van der Waals surface area contributed by atoms with Crippen LogP contribution in [0, 0.1) is 0 Å². The van der Waals surface area contributed by atoms with Crippen LogP contribution >= 0.6 is 11.3 Å². The van der Waals surface area contributed by atoms with Gasteiger partial charge < -0.3 is 15.4 Å². The summed E-state index contributed by atoms with van der Waals surface area (Å²) >= 11 is 1.61. The predicted octanol–water partition coefficient (Wildman–Crippen LogP) is 1.48. The Bertz CT molecular complexity index is 364. The van der Waals surface area contributed by atoms with Gasteiger partial charge in [0.25, 0.3) is 0 Å². The number of aliphatic hydroxyl groups excluding tert-OH is 1. The highest BCUT2D eigenvalue weighted by atomic mass is 32.1. The number of aliphatic hydroxyl groups is 1. The Balaban J connectivity index is 2.28. The number of nitrogens with one attached hydrogen (secondary N) is 2. The second-order valence-electron chi connectivity index (χ2n) is 2.98. The van der Waals surface area contributed by atoms with Crippen molar-refractivity contribution in [2.45, 2.75) is 6.10 Å². The minimum atomic E-state index is -0.393. The van der Waals surface area contributed by atoms with E-state index in [1.807, 2.05) is 25.4 Å². The molecule has 1 atom stereocenters. The molecule has 0 spiro atoms. The molecular formula is C9H12N2OS. The zero-order valence-electron chi connectivity index (χ0n) is 7.37. The normalized spacial score (nSPS) is 13.7.